The number of amides is 1. The Morgan fingerprint density at radius 2 is 2.28 bits per heavy atom. The van der Waals surface area contributed by atoms with Crippen molar-refractivity contribution >= 4 is 5.91 Å². The fourth-order valence-corrected chi connectivity index (χ4v) is 1.63. The average Bonchev–Trinajstić information content (AvgIpc) is 2.87. The van der Waals surface area contributed by atoms with Crippen molar-refractivity contribution in [2.75, 3.05) is 53.2 Å². The lowest BCUT2D eigenvalue weighted by atomic mass is 10.3. The highest BCUT2D eigenvalue weighted by molar-refractivity contribution is 5.77. The second-order valence-corrected chi connectivity index (χ2v) is 4.23. The van der Waals surface area contributed by atoms with E-state index in [1.165, 1.54) is 0 Å². The summed E-state index contributed by atoms with van der Waals surface area (Å²) in [5.41, 5.74) is 0. The molecule has 1 aliphatic heterocycles. The number of methoxy groups -OCH3 is 1. The third-order valence-corrected chi connectivity index (χ3v) is 2.65. The molecular weight excluding hydrogens is 236 g/mol. The highest BCUT2D eigenvalue weighted by Crippen LogP contribution is 2.07. The molecule has 1 saturated heterocycles. The van der Waals surface area contributed by atoms with E-state index in [1.807, 2.05) is 0 Å². The molecule has 1 atom stereocenters. The number of hydrogen-bond acceptors (Lipinski definition) is 5. The molecule has 0 aromatic heterocycles. The van der Waals surface area contributed by atoms with Gasteiger partial charge in [0.15, 0.2) is 0 Å². The Hall–Kier alpha value is -0.690. The second kappa shape index (κ2) is 10.3. The molecule has 0 saturated carbocycles. The normalized spacial score (nSPS) is 19.1. The van der Waals surface area contributed by atoms with Gasteiger partial charge in [-0.05, 0) is 12.8 Å². The van der Waals surface area contributed by atoms with Crippen LogP contribution in [0.4, 0.5) is 0 Å². The molecule has 1 fully saturated rings. The predicted molar refractivity (Wildman–Crippen MR) is 67.5 cm³/mol. The zero-order valence-corrected chi connectivity index (χ0v) is 11.1. The average molecular weight is 260 g/mol. The smallest absolute Gasteiger partial charge is 0.233 e. The van der Waals surface area contributed by atoms with Crippen LogP contribution in [-0.4, -0.2) is 65.2 Å². The number of nitrogens with one attached hydrogen (secondary N) is 2. The molecule has 0 radical (unpaired) electrons. The third-order valence-electron chi connectivity index (χ3n) is 2.65. The summed E-state index contributed by atoms with van der Waals surface area (Å²) in [5, 5.41) is 5.82. The van der Waals surface area contributed by atoms with E-state index in [4.69, 9.17) is 14.2 Å². The van der Waals surface area contributed by atoms with E-state index in [0.717, 1.165) is 19.4 Å². The van der Waals surface area contributed by atoms with E-state index >= 15 is 0 Å². The highest BCUT2D eigenvalue weighted by Gasteiger charge is 2.15. The summed E-state index contributed by atoms with van der Waals surface area (Å²) in [6, 6.07) is 0. The van der Waals surface area contributed by atoms with Crippen LogP contribution in [0.3, 0.4) is 0 Å². The number of ether oxygens (including phenoxy) is 3. The van der Waals surface area contributed by atoms with Crippen molar-refractivity contribution in [2.45, 2.75) is 18.9 Å². The van der Waals surface area contributed by atoms with Crippen LogP contribution in [0.15, 0.2) is 0 Å². The number of carbonyl (C=O) groups is 1. The van der Waals surface area contributed by atoms with Crippen molar-refractivity contribution in [1.29, 1.82) is 0 Å². The van der Waals surface area contributed by atoms with Gasteiger partial charge in [-0.1, -0.05) is 0 Å². The molecule has 0 aromatic carbocycles. The van der Waals surface area contributed by atoms with Crippen LogP contribution < -0.4 is 10.6 Å². The molecule has 6 heteroatoms. The van der Waals surface area contributed by atoms with Gasteiger partial charge in [-0.25, -0.2) is 0 Å². The first-order valence-corrected chi connectivity index (χ1v) is 6.48. The van der Waals surface area contributed by atoms with Crippen LogP contribution >= 0.6 is 0 Å². The summed E-state index contributed by atoms with van der Waals surface area (Å²) in [6.45, 7) is 4.47. The molecule has 1 unspecified atom stereocenters. The number of rotatable bonds is 10. The molecule has 2 N–H and O–H groups in total. The van der Waals surface area contributed by atoms with Crippen molar-refractivity contribution in [3.05, 3.63) is 0 Å². The van der Waals surface area contributed by atoms with E-state index in [1.54, 1.807) is 7.11 Å². The summed E-state index contributed by atoms with van der Waals surface area (Å²) in [5.74, 6) is 0.00954. The first kappa shape index (κ1) is 15.4. The quantitative estimate of drug-likeness (QED) is 0.520. The van der Waals surface area contributed by atoms with Gasteiger partial charge < -0.3 is 24.8 Å². The van der Waals surface area contributed by atoms with E-state index < -0.39 is 0 Å². The molecule has 106 valence electrons. The van der Waals surface area contributed by atoms with Crippen LogP contribution in [0.5, 0.6) is 0 Å². The van der Waals surface area contributed by atoms with E-state index in [0.29, 0.717) is 39.5 Å². The van der Waals surface area contributed by atoms with Gasteiger partial charge >= 0.3 is 0 Å². The monoisotopic (exact) mass is 260 g/mol. The third kappa shape index (κ3) is 7.60. The van der Waals surface area contributed by atoms with Gasteiger partial charge in [-0.3, -0.25) is 4.79 Å². The fraction of sp³-hybridized carbons (Fsp3) is 0.917. The van der Waals surface area contributed by atoms with Crippen molar-refractivity contribution < 1.29 is 19.0 Å². The topological polar surface area (TPSA) is 68.8 Å². The molecule has 0 aliphatic carbocycles. The minimum atomic E-state index is 0.00954. The Labute approximate surface area is 108 Å². The molecule has 1 aliphatic rings. The lowest BCUT2D eigenvalue weighted by Gasteiger charge is -2.10. The number of carbonyl (C=O) groups excluding carboxylic acids is 1. The standard InChI is InChI=1S/C12H24N2O4/c1-16-8-5-13-9-12(15)14-4-2-6-18-11-3-7-17-10-11/h11,13H,2-10H2,1H3,(H,14,15). The molecule has 1 rings (SSSR count). The molecule has 1 amide bonds. The molecule has 1 heterocycles. The summed E-state index contributed by atoms with van der Waals surface area (Å²) < 4.78 is 15.7. The van der Waals surface area contributed by atoms with E-state index in [9.17, 15) is 4.79 Å². The minimum Gasteiger partial charge on any atom is -0.383 e. The Morgan fingerprint density at radius 3 is 3.00 bits per heavy atom. The van der Waals surface area contributed by atoms with Gasteiger partial charge in [-0.15, -0.1) is 0 Å². The Balaban J connectivity index is 1.82. The summed E-state index contributed by atoms with van der Waals surface area (Å²) in [7, 11) is 1.64. The second-order valence-electron chi connectivity index (χ2n) is 4.23. The molecule has 18 heavy (non-hydrogen) atoms. The predicted octanol–water partition coefficient (Wildman–Crippen LogP) is -0.466. The van der Waals surface area contributed by atoms with Crippen molar-refractivity contribution in [3.8, 4) is 0 Å². The zero-order valence-electron chi connectivity index (χ0n) is 11.1. The van der Waals surface area contributed by atoms with Gasteiger partial charge in [0.1, 0.15) is 0 Å². The highest BCUT2D eigenvalue weighted by atomic mass is 16.5. The van der Waals surface area contributed by atoms with Crippen LogP contribution in [0.25, 0.3) is 0 Å². The van der Waals surface area contributed by atoms with E-state index in [-0.39, 0.29) is 12.0 Å². The van der Waals surface area contributed by atoms with Gasteiger partial charge in [0.05, 0.1) is 25.9 Å². The molecule has 6 nitrogen and oxygen atoms in total. The Morgan fingerprint density at radius 1 is 1.39 bits per heavy atom. The summed E-state index contributed by atoms with van der Waals surface area (Å²) >= 11 is 0. The fourth-order valence-electron chi connectivity index (χ4n) is 1.63. The van der Waals surface area contributed by atoms with Gasteiger partial charge in [-0.2, -0.15) is 0 Å². The van der Waals surface area contributed by atoms with Crippen LogP contribution in [0, 0.1) is 0 Å². The molecule has 0 spiro atoms. The lowest BCUT2D eigenvalue weighted by Crippen LogP contribution is -2.36. The van der Waals surface area contributed by atoms with Crippen LogP contribution in [0.1, 0.15) is 12.8 Å². The van der Waals surface area contributed by atoms with Gasteiger partial charge in [0.2, 0.25) is 5.91 Å². The Kier molecular flexibility index (Phi) is 8.75. The summed E-state index contributed by atoms with van der Waals surface area (Å²) in [4.78, 5) is 11.4. The van der Waals surface area contributed by atoms with Gasteiger partial charge in [0.25, 0.3) is 0 Å². The largest absolute Gasteiger partial charge is 0.383 e. The zero-order chi connectivity index (χ0) is 13.1. The minimum absolute atomic E-state index is 0.00954. The first-order valence-electron chi connectivity index (χ1n) is 6.48. The maximum Gasteiger partial charge on any atom is 0.233 e. The van der Waals surface area contributed by atoms with Gasteiger partial charge in [0, 0.05) is 33.4 Å². The lowest BCUT2D eigenvalue weighted by molar-refractivity contribution is -0.120. The van der Waals surface area contributed by atoms with Crippen LogP contribution in [-0.2, 0) is 19.0 Å². The Bertz CT molecular complexity index is 220. The SMILES string of the molecule is COCCNCC(=O)NCCCOC1CCOC1. The van der Waals surface area contributed by atoms with Crippen molar-refractivity contribution in [1.82, 2.24) is 10.6 Å². The van der Waals surface area contributed by atoms with E-state index in [2.05, 4.69) is 10.6 Å². The summed E-state index contributed by atoms with van der Waals surface area (Å²) in [6.07, 6.45) is 2.06. The van der Waals surface area contributed by atoms with Crippen molar-refractivity contribution in [3.63, 3.8) is 0 Å². The maximum atomic E-state index is 11.4. The number of hydrogen-bond donors (Lipinski definition) is 2. The molecule has 0 aromatic rings. The first-order chi connectivity index (χ1) is 8.83. The van der Waals surface area contributed by atoms with Crippen molar-refractivity contribution in [2.24, 2.45) is 0 Å². The molecular formula is C12H24N2O4. The van der Waals surface area contributed by atoms with Crippen LogP contribution in [0.2, 0.25) is 0 Å². The maximum absolute atomic E-state index is 11.4. The molecule has 0 bridgehead atoms.